The van der Waals surface area contributed by atoms with E-state index in [0.29, 0.717) is 11.1 Å². The van der Waals surface area contributed by atoms with Crippen LogP contribution in [0.5, 0.6) is 0 Å². The molecule has 2 aromatic carbocycles. The van der Waals surface area contributed by atoms with Gasteiger partial charge in [0.15, 0.2) is 0 Å². The van der Waals surface area contributed by atoms with E-state index in [-0.39, 0.29) is 11.6 Å². The van der Waals surface area contributed by atoms with Crippen LogP contribution >= 0.6 is 0 Å². The molecule has 1 aliphatic rings. The lowest BCUT2D eigenvalue weighted by molar-refractivity contribution is 0.585. The third-order valence-electron chi connectivity index (χ3n) is 3.52. The molecule has 0 unspecified atom stereocenters. The van der Waals surface area contributed by atoms with Gasteiger partial charge in [0.25, 0.3) is 0 Å². The summed E-state index contributed by atoms with van der Waals surface area (Å²) in [5, 5.41) is 3.27. The number of nitrogens with zero attached hydrogens (tertiary/aromatic N) is 1. The summed E-state index contributed by atoms with van der Waals surface area (Å²) in [6, 6.07) is 11.1. The molecule has 2 nitrogen and oxygen atoms in total. The minimum Gasteiger partial charge on any atom is -0.369 e. The maximum Gasteiger partial charge on any atom is 0.125 e. The summed E-state index contributed by atoms with van der Waals surface area (Å²) in [6.45, 7) is 3.50. The molecule has 2 aromatic rings. The molecular formula is C16H16F2N2. The molecule has 1 aliphatic heterocycles. The van der Waals surface area contributed by atoms with Crippen molar-refractivity contribution in [2.24, 2.45) is 0 Å². The fourth-order valence-electron chi connectivity index (χ4n) is 2.51. The number of benzene rings is 2. The Bertz CT molecular complexity index is 607. The molecule has 104 valence electrons. The lowest BCUT2D eigenvalue weighted by Gasteiger charge is -2.29. The van der Waals surface area contributed by atoms with Crippen molar-refractivity contribution >= 4 is 5.69 Å². The van der Waals surface area contributed by atoms with Crippen LogP contribution in [0.2, 0.25) is 0 Å². The average molecular weight is 274 g/mol. The van der Waals surface area contributed by atoms with Crippen LogP contribution in [0.4, 0.5) is 14.5 Å². The zero-order valence-electron chi connectivity index (χ0n) is 11.1. The molecule has 0 aromatic heterocycles. The first-order chi connectivity index (χ1) is 9.72. The van der Waals surface area contributed by atoms with Crippen molar-refractivity contribution in [2.45, 2.75) is 0 Å². The predicted octanol–water partition coefficient (Wildman–Crippen LogP) is 3.04. The number of anilines is 1. The van der Waals surface area contributed by atoms with Crippen molar-refractivity contribution in [2.75, 3.05) is 31.1 Å². The summed E-state index contributed by atoms with van der Waals surface area (Å²) in [5.41, 5.74) is 2.25. The highest BCUT2D eigenvalue weighted by atomic mass is 19.1. The fraction of sp³-hybridized carbons (Fsp3) is 0.250. The van der Waals surface area contributed by atoms with E-state index in [1.54, 1.807) is 12.1 Å². The highest BCUT2D eigenvalue weighted by Crippen LogP contribution is 2.27. The second-order valence-electron chi connectivity index (χ2n) is 4.95. The molecule has 1 N–H and O–H groups in total. The zero-order chi connectivity index (χ0) is 13.9. The van der Waals surface area contributed by atoms with Crippen LogP contribution in [-0.2, 0) is 0 Å². The van der Waals surface area contributed by atoms with Gasteiger partial charge in [-0.25, -0.2) is 8.78 Å². The van der Waals surface area contributed by atoms with E-state index < -0.39 is 0 Å². The Labute approximate surface area is 117 Å². The highest BCUT2D eigenvalue weighted by Gasteiger charge is 2.13. The van der Waals surface area contributed by atoms with E-state index in [1.807, 2.05) is 6.07 Å². The molecule has 0 aliphatic carbocycles. The van der Waals surface area contributed by atoms with Gasteiger partial charge in [-0.15, -0.1) is 0 Å². The van der Waals surface area contributed by atoms with Crippen molar-refractivity contribution in [3.8, 4) is 11.1 Å². The summed E-state index contributed by atoms with van der Waals surface area (Å²) in [4.78, 5) is 2.14. The minimum absolute atomic E-state index is 0.291. The third kappa shape index (κ3) is 2.80. The summed E-state index contributed by atoms with van der Waals surface area (Å²) in [5.74, 6) is -0.601. The van der Waals surface area contributed by atoms with Gasteiger partial charge >= 0.3 is 0 Å². The molecule has 0 atom stereocenters. The maximum absolute atomic E-state index is 13.8. The summed E-state index contributed by atoms with van der Waals surface area (Å²) >= 11 is 0. The quantitative estimate of drug-likeness (QED) is 0.905. The van der Waals surface area contributed by atoms with Gasteiger partial charge in [0.1, 0.15) is 11.6 Å². The Morgan fingerprint density at radius 3 is 2.35 bits per heavy atom. The largest absolute Gasteiger partial charge is 0.369 e. The molecule has 0 bridgehead atoms. The summed E-state index contributed by atoms with van der Waals surface area (Å²) in [6.07, 6.45) is 0. The van der Waals surface area contributed by atoms with E-state index >= 15 is 0 Å². The van der Waals surface area contributed by atoms with Gasteiger partial charge < -0.3 is 10.2 Å². The smallest absolute Gasteiger partial charge is 0.125 e. The van der Waals surface area contributed by atoms with E-state index in [0.717, 1.165) is 31.9 Å². The Morgan fingerprint density at radius 2 is 1.60 bits per heavy atom. The first kappa shape index (κ1) is 13.1. The molecule has 1 saturated heterocycles. The van der Waals surface area contributed by atoms with Crippen molar-refractivity contribution in [3.63, 3.8) is 0 Å². The Morgan fingerprint density at radius 1 is 0.850 bits per heavy atom. The van der Waals surface area contributed by atoms with E-state index in [1.165, 1.54) is 24.3 Å². The lowest BCUT2D eigenvalue weighted by atomic mass is 10.0. The van der Waals surface area contributed by atoms with Crippen LogP contribution in [0.15, 0.2) is 42.5 Å². The topological polar surface area (TPSA) is 15.3 Å². The molecule has 0 radical (unpaired) electrons. The summed E-state index contributed by atoms with van der Waals surface area (Å²) < 4.78 is 27.1. The molecule has 0 amide bonds. The maximum atomic E-state index is 13.8. The Hall–Kier alpha value is -1.94. The number of hydrogen-bond donors (Lipinski definition) is 1. The van der Waals surface area contributed by atoms with E-state index in [4.69, 9.17) is 0 Å². The molecule has 1 heterocycles. The molecule has 0 saturated carbocycles. The standard InChI is InChI=1S/C16H16F2N2/c17-14-3-1-2-12(8-14)13-9-15(18)11-16(10-13)20-6-4-19-5-7-20/h1-3,8-11,19H,4-7H2. The minimum atomic E-state index is -0.310. The van der Waals surface area contributed by atoms with Gasteiger partial charge in [0, 0.05) is 31.9 Å². The van der Waals surface area contributed by atoms with Crippen molar-refractivity contribution in [1.82, 2.24) is 5.32 Å². The number of piperazine rings is 1. The van der Waals surface area contributed by atoms with Gasteiger partial charge in [0.2, 0.25) is 0 Å². The first-order valence-corrected chi connectivity index (χ1v) is 6.74. The first-order valence-electron chi connectivity index (χ1n) is 6.74. The number of rotatable bonds is 2. The second kappa shape index (κ2) is 5.59. The number of nitrogens with one attached hydrogen (secondary N) is 1. The normalized spacial score (nSPS) is 15.4. The van der Waals surface area contributed by atoms with E-state index in [9.17, 15) is 8.78 Å². The molecule has 1 fully saturated rings. The van der Waals surface area contributed by atoms with Crippen LogP contribution in [0, 0.1) is 11.6 Å². The van der Waals surface area contributed by atoms with Gasteiger partial charge in [-0.1, -0.05) is 12.1 Å². The van der Waals surface area contributed by atoms with Crippen molar-refractivity contribution < 1.29 is 8.78 Å². The van der Waals surface area contributed by atoms with Crippen LogP contribution in [0.25, 0.3) is 11.1 Å². The predicted molar refractivity (Wildman–Crippen MR) is 76.9 cm³/mol. The second-order valence-corrected chi connectivity index (χ2v) is 4.95. The van der Waals surface area contributed by atoms with Gasteiger partial charge in [0.05, 0.1) is 0 Å². The lowest BCUT2D eigenvalue weighted by Crippen LogP contribution is -2.43. The molecule has 20 heavy (non-hydrogen) atoms. The van der Waals surface area contributed by atoms with Gasteiger partial charge in [-0.05, 0) is 41.5 Å². The van der Waals surface area contributed by atoms with Crippen LogP contribution < -0.4 is 10.2 Å². The number of halogens is 2. The van der Waals surface area contributed by atoms with E-state index in [2.05, 4.69) is 10.2 Å². The van der Waals surface area contributed by atoms with Crippen LogP contribution in [-0.4, -0.2) is 26.2 Å². The zero-order valence-corrected chi connectivity index (χ0v) is 11.1. The van der Waals surface area contributed by atoms with Crippen molar-refractivity contribution in [3.05, 3.63) is 54.1 Å². The molecule has 0 spiro atoms. The molecular weight excluding hydrogens is 258 g/mol. The average Bonchev–Trinajstić information content (AvgIpc) is 2.47. The fourth-order valence-corrected chi connectivity index (χ4v) is 2.51. The van der Waals surface area contributed by atoms with Crippen LogP contribution in [0.3, 0.4) is 0 Å². The third-order valence-corrected chi connectivity index (χ3v) is 3.52. The summed E-state index contributed by atoms with van der Waals surface area (Å²) in [7, 11) is 0. The Kier molecular flexibility index (Phi) is 3.65. The Balaban J connectivity index is 1.97. The SMILES string of the molecule is Fc1cccc(-c2cc(F)cc(N3CCNCC3)c2)c1. The monoisotopic (exact) mass is 274 g/mol. The molecule has 4 heteroatoms. The highest BCUT2D eigenvalue weighted by molar-refractivity contribution is 5.69. The van der Waals surface area contributed by atoms with Crippen molar-refractivity contribution in [1.29, 1.82) is 0 Å². The van der Waals surface area contributed by atoms with Crippen LogP contribution in [0.1, 0.15) is 0 Å². The number of hydrogen-bond acceptors (Lipinski definition) is 2. The van der Waals surface area contributed by atoms with Gasteiger partial charge in [-0.2, -0.15) is 0 Å². The van der Waals surface area contributed by atoms with Gasteiger partial charge in [-0.3, -0.25) is 0 Å². The molecule has 3 rings (SSSR count).